The highest BCUT2D eigenvalue weighted by atomic mass is 16.5. The Balaban J connectivity index is 2.17. The average Bonchev–Trinajstić information content (AvgIpc) is 2.70. The van der Waals surface area contributed by atoms with Gasteiger partial charge in [0.05, 0.1) is 7.11 Å². The van der Waals surface area contributed by atoms with Crippen molar-refractivity contribution in [2.75, 3.05) is 20.8 Å². The van der Waals surface area contributed by atoms with Crippen molar-refractivity contribution < 1.29 is 19.1 Å². The zero-order valence-electron chi connectivity index (χ0n) is 16.2. The number of carbonyl (C=O) groups is 2. The number of methoxy groups -OCH3 is 1. The first kappa shape index (κ1) is 20.3. The number of ether oxygens (including phenoxy) is 2. The van der Waals surface area contributed by atoms with E-state index in [2.05, 4.69) is 5.32 Å². The highest BCUT2D eigenvalue weighted by molar-refractivity contribution is 5.87. The van der Waals surface area contributed by atoms with E-state index in [9.17, 15) is 9.59 Å². The SMILES string of the molecule is CNC(=O)[C@@H](C)N(Cc1ccccc1C)C(=O)COc1ccccc1OC. The number of aryl methyl sites for hydroxylation is 1. The van der Waals surface area contributed by atoms with Crippen LogP contribution in [0.2, 0.25) is 0 Å². The number of hydrogen-bond acceptors (Lipinski definition) is 4. The average molecular weight is 370 g/mol. The van der Waals surface area contributed by atoms with Gasteiger partial charge < -0.3 is 19.7 Å². The van der Waals surface area contributed by atoms with Gasteiger partial charge in [-0.25, -0.2) is 0 Å². The predicted octanol–water partition coefficient (Wildman–Crippen LogP) is 2.55. The molecule has 0 saturated heterocycles. The molecule has 1 atom stereocenters. The van der Waals surface area contributed by atoms with Crippen molar-refractivity contribution in [2.24, 2.45) is 0 Å². The molecule has 0 saturated carbocycles. The molecule has 0 radical (unpaired) electrons. The van der Waals surface area contributed by atoms with Gasteiger partial charge in [0.15, 0.2) is 18.1 Å². The Hall–Kier alpha value is -3.02. The Kier molecular flexibility index (Phi) is 7.23. The van der Waals surface area contributed by atoms with Gasteiger partial charge in [0, 0.05) is 13.6 Å². The van der Waals surface area contributed by atoms with Crippen LogP contribution in [0.25, 0.3) is 0 Å². The van der Waals surface area contributed by atoms with Crippen LogP contribution in [0.1, 0.15) is 18.1 Å². The highest BCUT2D eigenvalue weighted by Gasteiger charge is 2.26. The van der Waals surface area contributed by atoms with Crippen molar-refractivity contribution in [3.8, 4) is 11.5 Å². The fraction of sp³-hybridized carbons (Fsp3) is 0.333. The van der Waals surface area contributed by atoms with Crippen molar-refractivity contribution in [3.05, 3.63) is 59.7 Å². The molecule has 0 bridgehead atoms. The molecule has 0 aromatic heterocycles. The summed E-state index contributed by atoms with van der Waals surface area (Å²) in [6.07, 6.45) is 0. The van der Waals surface area contributed by atoms with Gasteiger partial charge in [0.2, 0.25) is 5.91 Å². The second-order valence-corrected chi connectivity index (χ2v) is 6.18. The first-order valence-electron chi connectivity index (χ1n) is 8.79. The highest BCUT2D eigenvalue weighted by Crippen LogP contribution is 2.26. The van der Waals surface area contributed by atoms with Crippen LogP contribution in [-0.2, 0) is 16.1 Å². The molecule has 0 aliphatic carbocycles. The molecule has 2 aromatic rings. The van der Waals surface area contributed by atoms with Gasteiger partial charge in [-0.15, -0.1) is 0 Å². The molecule has 0 unspecified atom stereocenters. The van der Waals surface area contributed by atoms with E-state index >= 15 is 0 Å². The quantitative estimate of drug-likeness (QED) is 0.775. The summed E-state index contributed by atoms with van der Waals surface area (Å²) in [6.45, 7) is 3.83. The van der Waals surface area contributed by atoms with Crippen LogP contribution < -0.4 is 14.8 Å². The second-order valence-electron chi connectivity index (χ2n) is 6.18. The zero-order valence-corrected chi connectivity index (χ0v) is 16.2. The lowest BCUT2D eigenvalue weighted by Gasteiger charge is -2.29. The Bertz CT molecular complexity index is 791. The molecular weight excluding hydrogens is 344 g/mol. The molecular formula is C21H26N2O4. The third-order valence-corrected chi connectivity index (χ3v) is 4.44. The van der Waals surface area contributed by atoms with E-state index < -0.39 is 6.04 Å². The van der Waals surface area contributed by atoms with E-state index in [1.54, 1.807) is 39.3 Å². The molecule has 2 aromatic carbocycles. The van der Waals surface area contributed by atoms with E-state index in [1.807, 2.05) is 37.3 Å². The first-order valence-corrected chi connectivity index (χ1v) is 8.79. The number of nitrogens with one attached hydrogen (secondary N) is 1. The fourth-order valence-corrected chi connectivity index (χ4v) is 2.72. The van der Waals surface area contributed by atoms with Crippen molar-refractivity contribution in [3.63, 3.8) is 0 Å². The monoisotopic (exact) mass is 370 g/mol. The first-order chi connectivity index (χ1) is 13.0. The van der Waals surface area contributed by atoms with Gasteiger partial charge in [0.1, 0.15) is 6.04 Å². The van der Waals surface area contributed by atoms with Gasteiger partial charge in [-0.2, -0.15) is 0 Å². The Morgan fingerprint density at radius 1 is 1.07 bits per heavy atom. The maximum Gasteiger partial charge on any atom is 0.261 e. The summed E-state index contributed by atoms with van der Waals surface area (Å²) in [4.78, 5) is 26.5. The maximum absolute atomic E-state index is 12.9. The fourth-order valence-electron chi connectivity index (χ4n) is 2.72. The summed E-state index contributed by atoms with van der Waals surface area (Å²) >= 11 is 0. The minimum absolute atomic E-state index is 0.187. The smallest absolute Gasteiger partial charge is 0.261 e. The molecule has 2 amide bonds. The van der Waals surface area contributed by atoms with Crippen molar-refractivity contribution in [1.82, 2.24) is 10.2 Å². The molecule has 0 fully saturated rings. The molecule has 0 spiro atoms. The molecule has 27 heavy (non-hydrogen) atoms. The lowest BCUT2D eigenvalue weighted by molar-refractivity contribution is -0.142. The number of amides is 2. The zero-order chi connectivity index (χ0) is 19.8. The lowest BCUT2D eigenvalue weighted by Crippen LogP contribution is -2.48. The van der Waals surface area contributed by atoms with Crippen molar-refractivity contribution >= 4 is 11.8 Å². The van der Waals surface area contributed by atoms with Crippen LogP contribution in [0.5, 0.6) is 11.5 Å². The molecule has 0 aliphatic rings. The Labute approximate surface area is 160 Å². The van der Waals surface area contributed by atoms with E-state index in [1.165, 1.54) is 4.90 Å². The van der Waals surface area contributed by atoms with E-state index in [0.29, 0.717) is 18.0 Å². The van der Waals surface area contributed by atoms with Crippen LogP contribution in [0.4, 0.5) is 0 Å². The molecule has 1 N–H and O–H groups in total. The minimum atomic E-state index is -0.622. The molecule has 6 nitrogen and oxygen atoms in total. The van der Waals surface area contributed by atoms with Gasteiger partial charge in [0.25, 0.3) is 5.91 Å². The predicted molar refractivity (Wildman–Crippen MR) is 104 cm³/mol. The number of nitrogens with zero attached hydrogens (tertiary/aromatic N) is 1. The molecule has 0 heterocycles. The third-order valence-electron chi connectivity index (χ3n) is 4.44. The van der Waals surface area contributed by atoms with Gasteiger partial charge in [-0.05, 0) is 37.1 Å². The third kappa shape index (κ3) is 5.23. The molecule has 2 rings (SSSR count). The van der Waals surface area contributed by atoms with Crippen molar-refractivity contribution in [1.29, 1.82) is 0 Å². The maximum atomic E-state index is 12.9. The number of carbonyl (C=O) groups excluding carboxylic acids is 2. The number of likely N-dealkylation sites (N-methyl/N-ethyl adjacent to an activating group) is 1. The standard InChI is InChI=1S/C21H26N2O4/c1-15-9-5-6-10-17(15)13-23(16(2)21(25)22-3)20(24)14-27-19-12-8-7-11-18(19)26-4/h5-12,16H,13-14H2,1-4H3,(H,22,25)/t16-/m1/s1. The topological polar surface area (TPSA) is 67.9 Å². The summed E-state index contributed by atoms with van der Waals surface area (Å²) in [5.41, 5.74) is 2.05. The number of benzene rings is 2. The van der Waals surface area contributed by atoms with E-state index in [-0.39, 0.29) is 18.4 Å². The normalized spacial score (nSPS) is 11.4. The summed E-state index contributed by atoms with van der Waals surface area (Å²) in [6, 6.07) is 14.3. The van der Waals surface area contributed by atoms with Crippen LogP contribution >= 0.6 is 0 Å². The van der Waals surface area contributed by atoms with Gasteiger partial charge >= 0.3 is 0 Å². The Morgan fingerprint density at radius 2 is 1.70 bits per heavy atom. The van der Waals surface area contributed by atoms with Crippen molar-refractivity contribution in [2.45, 2.75) is 26.4 Å². The summed E-state index contributed by atoms with van der Waals surface area (Å²) in [5.74, 6) is 0.529. The molecule has 6 heteroatoms. The van der Waals surface area contributed by atoms with Gasteiger partial charge in [-0.3, -0.25) is 9.59 Å². The van der Waals surface area contributed by atoms with E-state index in [0.717, 1.165) is 11.1 Å². The summed E-state index contributed by atoms with van der Waals surface area (Å²) in [5, 5.41) is 2.60. The van der Waals surface area contributed by atoms with Gasteiger partial charge in [-0.1, -0.05) is 36.4 Å². The number of hydrogen-bond donors (Lipinski definition) is 1. The van der Waals surface area contributed by atoms with Crippen LogP contribution in [0, 0.1) is 6.92 Å². The van der Waals surface area contributed by atoms with Crippen LogP contribution in [-0.4, -0.2) is 43.5 Å². The van der Waals surface area contributed by atoms with E-state index in [4.69, 9.17) is 9.47 Å². The summed E-state index contributed by atoms with van der Waals surface area (Å²) < 4.78 is 10.9. The van der Waals surface area contributed by atoms with Crippen LogP contribution in [0.3, 0.4) is 0 Å². The molecule has 0 aliphatic heterocycles. The lowest BCUT2D eigenvalue weighted by atomic mass is 10.1. The molecule has 144 valence electrons. The number of rotatable bonds is 8. The minimum Gasteiger partial charge on any atom is -0.493 e. The second kappa shape index (κ2) is 9.62. The van der Waals surface area contributed by atoms with Crippen LogP contribution in [0.15, 0.2) is 48.5 Å². The summed E-state index contributed by atoms with van der Waals surface area (Å²) in [7, 11) is 3.10. The Morgan fingerprint density at radius 3 is 2.33 bits per heavy atom. The number of para-hydroxylation sites is 2. The largest absolute Gasteiger partial charge is 0.493 e.